The molecule has 5 heteroatoms. The van der Waals surface area contributed by atoms with Crippen molar-refractivity contribution in [2.24, 2.45) is 10.8 Å². The highest BCUT2D eigenvalue weighted by molar-refractivity contribution is 9.10. The first-order valence-electron chi connectivity index (χ1n) is 8.42. The van der Waals surface area contributed by atoms with Gasteiger partial charge in [0.1, 0.15) is 12.1 Å². The van der Waals surface area contributed by atoms with Crippen molar-refractivity contribution < 1.29 is 0 Å². The van der Waals surface area contributed by atoms with Gasteiger partial charge in [-0.15, -0.1) is 0 Å². The summed E-state index contributed by atoms with van der Waals surface area (Å²) in [6.45, 7) is 10.0. The third-order valence-corrected chi connectivity index (χ3v) is 5.83. The van der Waals surface area contributed by atoms with Gasteiger partial charge < -0.3 is 10.6 Å². The second-order valence-corrected chi connectivity index (χ2v) is 8.52. The number of anilines is 1. The molecule has 1 aliphatic heterocycles. The molecule has 0 spiro atoms. The molecule has 1 aromatic carbocycles. The van der Waals surface area contributed by atoms with Crippen molar-refractivity contribution in [1.29, 1.82) is 0 Å². The first kappa shape index (κ1) is 17.4. The van der Waals surface area contributed by atoms with E-state index in [0.717, 1.165) is 41.1 Å². The van der Waals surface area contributed by atoms with Crippen molar-refractivity contribution in [2.75, 3.05) is 25.0 Å². The summed E-state index contributed by atoms with van der Waals surface area (Å²) in [6, 6.07) is 8.27. The minimum Gasteiger partial charge on any atom is -0.369 e. The molecule has 24 heavy (non-hydrogen) atoms. The standard InChI is InChI=1S/C19H25BrN4/c1-18(2,3)19(8-9-21-11-19)12-23-17-16(10-22-13-24-17)14-4-6-15(20)7-5-14/h4-7,10,13,21H,8-9,11-12H2,1-3H3,(H,22,23,24). The maximum Gasteiger partial charge on any atom is 0.137 e. The minimum atomic E-state index is 0.230. The molecule has 0 bridgehead atoms. The van der Waals surface area contributed by atoms with E-state index >= 15 is 0 Å². The van der Waals surface area contributed by atoms with Crippen LogP contribution in [0.25, 0.3) is 11.1 Å². The SMILES string of the molecule is CC(C)(C)C1(CNc2ncncc2-c2ccc(Br)cc2)CCNC1. The first-order chi connectivity index (χ1) is 11.4. The lowest BCUT2D eigenvalue weighted by Crippen LogP contribution is -2.43. The van der Waals surface area contributed by atoms with Crippen LogP contribution in [0.2, 0.25) is 0 Å². The van der Waals surface area contributed by atoms with Crippen LogP contribution < -0.4 is 10.6 Å². The van der Waals surface area contributed by atoms with Crippen LogP contribution in [-0.2, 0) is 0 Å². The zero-order valence-corrected chi connectivity index (χ0v) is 16.2. The monoisotopic (exact) mass is 388 g/mol. The summed E-state index contributed by atoms with van der Waals surface area (Å²) in [7, 11) is 0. The number of rotatable bonds is 4. The lowest BCUT2D eigenvalue weighted by atomic mass is 9.66. The summed E-state index contributed by atoms with van der Waals surface area (Å²) in [5.41, 5.74) is 2.62. The third-order valence-electron chi connectivity index (χ3n) is 5.30. The Labute approximate surface area is 152 Å². The van der Waals surface area contributed by atoms with Crippen LogP contribution in [0.5, 0.6) is 0 Å². The van der Waals surface area contributed by atoms with Gasteiger partial charge in [0.15, 0.2) is 0 Å². The predicted molar refractivity (Wildman–Crippen MR) is 103 cm³/mol. The van der Waals surface area contributed by atoms with E-state index in [9.17, 15) is 0 Å². The van der Waals surface area contributed by atoms with Gasteiger partial charge in [0.25, 0.3) is 0 Å². The highest BCUT2D eigenvalue weighted by atomic mass is 79.9. The topological polar surface area (TPSA) is 49.8 Å². The van der Waals surface area contributed by atoms with E-state index < -0.39 is 0 Å². The number of nitrogens with one attached hydrogen (secondary N) is 2. The fourth-order valence-electron chi connectivity index (χ4n) is 3.36. The maximum absolute atomic E-state index is 4.50. The quantitative estimate of drug-likeness (QED) is 0.817. The summed E-state index contributed by atoms with van der Waals surface area (Å²) in [4.78, 5) is 8.71. The Kier molecular flexibility index (Phi) is 4.92. The van der Waals surface area contributed by atoms with Gasteiger partial charge in [-0.05, 0) is 36.1 Å². The number of nitrogens with zero attached hydrogens (tertiary/aromatic N) is 2. The number of hydrogen-bond acceptors (Lipinski definition) is 4. The van der Waals surface area contributed by atoms with E-state index in [4.69, 9.17) is 0 Å². The summed E-state index contributed by atoms with van der Waals surface area (Å²) in [6.07, 6.45) is 4.68. The van der Waals surface area contributed by atoms with Crippen molar-refractivity contribution in [2.45, 2.75) is 27.2 Å². The van der Waals surface area contributed by atoms with Gasteiger partial charge in [-0.1, -0.05) is 48.8 Å². The van der Waals surface area contributed by atoms with Crippen LogP contribution in [0.1, 0.15) is 27.2 Å². The molecule has 4 nitrogen and oxygen atoms in total. The molecule has 1 saturated heterocycles. The van der Waals surface area contributed by atoms with Crippen LogP contribution in [0, 0.1) is 10.8 Å². The summed E-state index contributed by atoms with van der Waals surface area (Å²) in [5.74, 6) is 0.905. The fraction of sp³-hybridized carbons (Fsp3) is 0.474. The highest BCUT2D eigenvalue weighted by Gasteiger charge is 2.43. The summed E-state index contributed by atoms with van der Waals surface area (Å²) < 4.78 is 1.07. The molecule has 1 unspecified atom stereocenters. The van der Waals surface area contributed by atoms with Crippen molar-refractivity contribution in [3.8, 4) is 11.1 Å². The Balaban J connectivity index is 1.84. The van der Waals surface area contributed by atoms with Gasteiger partial charge in [-0.25, -0.2) is 9.97 Å². The molecule has 0 aliphatic carbocycles. The fourth-order valence-corrected chi connectivity index (χ4v) is 3.63. The van der Waals surface area contributed by atoms with Crippen LogP contribution in [0.15, 0.2) is 41.3 Å². The molecule has 2 N–H and O–H groups in total. The zero-order valence-electron chi connectivity index (χ0n) is 14.6. The van der Waals surface area contributed by atoms with Gasteiger partial charge in [-0.2, -0.15) is 0 Å². The Morgan fingerprint density at radius 1 is 1.25 bits per heavy atom. The van der Waals surface area contributed by atoms with E-state index in [1.54, 1.807) is 6.33 Å². The van der Waals surface area contributed by atoms with Gasteiger partial charge in [0.05, 0.1) is 0 Å². The van der Waals surface area contributed by atoms with Crippen LogP contribution in [0.4, 0.5) is 5.82 Å². The Morgan fingerprint density at radius 2 is 2.00 bits per heavy atom. The number of hydrogen-bond donors (Lipinski definition) is 2. The maximum atomic E-state index is 4.50. The average molecular weight is 389 g/mol. The largest absolute Gasteiger partial charge is 0.369 e. The molecule has 128 valence electrons. The zero-order chi connectivity index (χ0) is 17.2. The molecule has 0 radical (unpaired) electrons. The molecule has 0 saturated carbocycles. The number of halogens is 1. The van der Waals surface area contributed by atoms with Crippen molar-refractivity contribution in [1.82, 2.24) is 15.3 Å². The smallest absolute Gasteiger partial charge is 0.137 e. The molecule has 2 heterocycles. The van der Waals surface area contributed by atoms with E-state index in [2.05, 4.69) is 69.4 Å². The van der Waals surface area contributed by atoms with Crippen molar-refractivity contribution in [3.63, 3.8) is 0 Å². The average Bonchev–Trinajstić information content (AvgIpc) is 3.04. The molecule has 1 atom stereocenters. The third kappa shape index (κ3) is 3.47. The molecule has 1 aliphatic rings. The van der Waals surface area contributed by atoms with Crippen molar-refractivity contribution in [3.05, 3.63) is 41.3 Å². The first-order valence-corrected chi connectivity index (χ1v) is 9.21. The Morgan fingerprint density at radius 3 is 2.62 bits per heavy atom. The van der Waals surface area contributed by atoms with Crippen molar-refractivity contribution >= 4 is 21.7 Å². The van der Waals surface area contributed by atoms with Gasteiger partial charge in [0.2, 0.25) is 0 Å². The van der Waals surface area contributed by atoms with Crippen LogP contribution >= 0.6 is 15.9 Å². The Hall–Kier alpha value is -1.46. The highest BCUT2D eigenvalue weighted by Crippen LogP contribution is 2.43. The number of benzene rings is 1. The second kappa shape index (κ2) is 6.81. The number of aromatic nitrogens is 2. The van der Waals surface area contributed by atoms with Gasteiger partial charge >= 0.3 is 0 Å². The van der Waals surface area contributed by atoms with E-state index in [0.29, 0.717) is 0 Å². The lowest BCUT2D eigenvalue weighted by Gasteiger charge is -2.41. The molecular weight excluding hydrogens is 364 g/mol. The molecule has 0 amide bonds. The predicted octanol–water partition coefficient (Wildman–Crippen LogP) is 4.34. The van der Waals surface area contributed by atoms with Gasteiger partial charge in [-0.3, -0.25) is 0 Å². The lowest BCUT2D eigenvalue weighted by molar-refractivity contribution is 0.125. The molecule has 1 aromatic heterocycles. The van der Waals surface area contributed by atoms with E-state index in [1.807, 2.05) is 18.3 Å². The van der Waals surface area contributed by atoms with Crippen LogP contribution in [-0.4, -0.2) is 29.6 Å². The molecule has 3 rings (SSSR count). The molecular formula is C19H25BrN4. The van der Waals surface area contributed by atoms with Gasteiger partial charge in [0, 0.05) is 34.7 Å². The molecule has 2 aromatic rings. The second-order valence-electron chi connectivity index (χ2n) is 7.60. The molecule has 1 fully saturated rings. The normalized spacial score (nSPS) is 21.0. The minimum absolute atomic E-state index is 0.230. The Bertz CT molecular complexity index is 685. The van der Waals surface area contributed by atoms with Crippen LogP contribution in [0.3, 0.4) is 0 Å². The van der Waals surface area contributed by atoms with E-state index in [1.165, 1.54) is 6.42 Å². The summed E-state index contributed by atoms with van der Waals surface area (Å²) >= 11 is 3.49. The van der Waals surface area contributed by atoms with E-state index in [-0.39, 0.29) is 10.8 Å². The summed E-state index contributed by atoms with van der Waals surface area (Å²) in [5, 5.41) is 7.14.